The highest BCUT2D eigenvalue weighted by atomic mass is 35.5. The Kier molecular flexibility index (Phi) is 3.94. The molecule has 0 radical (unpaired) electrons. The molecule has 0 spiro atoms. The van der Waals surface area contributed by atoms with Gasteiger partial charge in [0.1, 0.15) is 0 Å². The first-order chi connectivity index (χ1) is 5.86. The molecule has 1 aliphatic heterocycles. The third-order valence-corrected chi connectivity index (χ3v) is 3.45. The van der Waals surface area contributed by atoms with Gasteiger partial charge in [0.25, 0.3) is 0 Å². The van der Waals surface area contributed by atoms with E-state index in [1.54, 1.807) is 0 Å². The lowest BCUT2D eigenvalue weighted by atomic mass is 10.2. The maximum Gasteiger partial charge on any atom is 0.0478 e. The second-order valence-electron chi connectivity index (χ2n) is 3.29. The number of fused-ring (bicyclic) bond motifs is 1. The zero-order valence-electron chi connectivity index (χ0n) is 7.62. The molecule has 0 aromatic heterocycles. The van der Waals surface area contributed by atoms with Crippen molar-refractivity contribution in [1.29, 1.82) is 0 Å². The van der Waals surface area contributed by atoms with Crippen LogP contribution in [0.4, 0.5) is 5.69 Å². The lowest BCUT2D eigenvalue weighted by Gasteiger charge is -2.06. The quantitative estimate of drug-likeness (QED) is 0.713. The zero-order valence-corrected chi connectivity index (χ0v) is 9.25. The lowest BCUT2D eigenvalue weighted by Crippen LogP contribution is -2.10. The van der Waals surface area contributed by atoms with E-state index in [2.05, 4.69) is 36.5 Å². The minimum Gasteiger partial charge on any atom is -0.384 e. The molecule has 1 aliphatic rings. The maximum absolute atomic E-state index is 3.45. The number of hydrogen-bond acceptors (Lipinski definition) is 2. The summed E-state index contributed by atoms with van der Waals surface area (Å²) in [5.41, 5.74) is 1.30. The predicted octanol–water partition coefficient (Wildman–Crippen LogP) is 3.26. The Morgan fingerprint density at radius 1 is 1.38 bits per heavy atom. The molecule has 1 atom stereocenters. The number of hydrogen-bond donors (Lipinski definition) is 1. The van der Waals surface area contributed by atoms with Gasteiger partial charge in [0.15, 0.2) is 0 Å². The van der Waals surface area contributed by atoms with Gasteiger partial charge in [0.05, 0.1) is 0 Å². The number of anilines is 1. The smallest absolute Gasteiger partial charge is 0.0478 e. The summed E-state index contributed by atoms with van der Waals surface area (Å²) in [7, 11) is 0. The van der Waals surface area contributed by atoms with Crippen LogP contribution in [0.15, 0.2) is 29.2 Å². The van der Waals surface area contributed by atoms with Crippen LogP contribution in [0.3, 0.4) is 0 Å². The Morgan fingerprint density at radius 2 is 2.15 bits per heavy atom. The molecule has 1 nitrogen and oxygen atoms in total. The number of thioether (sulfide) groups is 1. The number of para-hydroxylation sites is 1. The topological polar surface area (TPSA) is 12.0 Å². The fourth-order valence-corrected chi connectivity index (χ4v) is 2.37. The molecule has 0 aliphatic carbocycles. The Hall–Kier alpha value is -0.340. The van der Waals surface area contributed by atoms with Crippen LogP contribution >= 0.6 is 24.2 Å². The van der Waals surface area contributed by atoms with E-state index >= 15 is 0 Å². The third-order valence-electron chi connectivity index (χ3n) is 2.05. The standard InChI is InChI=1S/C10H13NS.ClH/c1-8-6-11-9-4-2-3-5-10(9)12-7-8;/h2-5,8,11H,6-7H2,1H3;1H. The molecule has 0 saturated carbocycles. The second kappa shape index (κ2) is 4.77. The van der Waals surface area contributed by atoms with E-state index in [9.17, 15) is 0 Å². The molecular formula is C10H14ClNS. The highest BCUT2D eigenvalue weighted by molar-refractivity contribution is 7.99. The minimum atomic E-state index is 0. The van der Waals surface area contributed by atoms with Gasteiger partial charge in [-0.25, -0.2) is 0 Å². The number of rotatable bonds is 0. The zero-order chi connectivity index (χ0) is 8.39. The average molecular weight is 216 g/mol. The van der Waals surface area contributed by atoms with Gasteiger partial charge in [-0.1, -0.05) is 19.1 Å². The normalized spacial score (nSPS) is 20.5. The van der Waals surface area contributed by atoms with Crippen LogP contribution in [0.5, 0.6) is 0 Å². The highest BCUT2D eigenvalue weighted by Gasteiger charge is 2.10. The van der Waals surface area contributed by atoms with Gasteiger partial charge >= 0.3 is 0 Å². The van der Waals surface area contributed by atoms with Crippen molar-refractivity contribution in [1.82, 2.24) is 0 Å². The number of halogens is 1. The summed E-state index contributed by atoms with van der Waals surface area (Å²) in [5, 5.41) is 3.45. The molecule has 72 valence electrons. The molecule has 0 bridgehead atoms. The van der Waals surface area contributed by atoms with E-state index in [1.165, 1.54) is 16.3 Å². The van der Waals surface area contributed by atoms with Gasteiger partial charge in [-0.3, -0.25) is 0 Å². The molecule has 3 heteroatoms. The largest absolute Gasteiger partial charge is 0.384 e. The Labute approximate surface area is 89.7 Å². The van der Waals surface area contributed by atoms with Crippen molar-refractivity contribution in [3.8, 4) is 0 Å². The van der Waals surface area contributed by atoms with Gasteiger partial charge in [-0.05, 0) is 18.1 Å². The van der Waals surface area contributed by atoms with Crippen molar-refractivity contribution < 1.29 is 0 Å². The molecular weight excluding hydrogens is 202 g/mol. The van der Waals surface area contributed by atoms with E-state index in [4.69, 9.17) is 0 Å². The minimum absolute atomic E-state index is 0. The molecule has 0 fully saturated rings. The van der Waals surface area contributed by atoms with Crippen molar-refractivity contribution in [3.05, 3.63) is 24.3 Å². The Morgan fingerprint density at radius 3 is 3.00 bits per heavy atom. The van der Waals surface area contributed by atoms with Crippen molar-refractivity contribution in [2.45, 2.75) is 11.8 Å². The van der Waals surface area contributed by atoms with Crippen LogP contribution < -0.4 is 5.32 Å². The highest BCUT2D eigenvalue weighted by Crippen LogP contribution is 2.31. The van der Waals surface area contributed by atoms with Crippen LogP contribution in [0.25, 0.3) is 0 Å². The van der Waals surface area contributed by atoms with Gasteiger partial charge in [-0.15, -0.1) is 24.2 Å². The first-order valence-electron chi connectivity index (χ1n) is 4.32. The first kappa shape index (κ1) is 10.7. The molecule has 1 aromatic rings. The van der Waals surface area contributed by atoms with E-state index in [1.807, 2.05) is 11.8 Å². The van der Waals surface area contributed by atoms with Gasteiger partial charge in [0.2, 0.25) is 0 Å². The fraction of sp³-hybridized carbons (Fsp3) is 0.400. The summed E-state index contributed by atoms with van der Waals surface area (Å²) in [6, 6.07) is 8.53. The van der Waals surface area contributed by atoms with Crippen molar-refractivity contribution in [2.24, 2.45) is 5.92 Å². The second-order valence-corrected chi connectivity index (χ2v) is 4.36. The summed E-state index contributed by atoms with van der Waals surface area (Å²) in [6.45, 7) is 3.38. The van der Waals surface area contributed by atoms with Crippen LogP contribution in [-0.2, 0) is 0 Å². The van der Waals surface area contributed by atoms with Gasteiger partial charge in [-0.2, -0.15) is 0 Å². The fourth-order valence-electron chi connectivity index (χ4n) is 1.31. The van der Waals surface area contributed by atoms with Crippen LogP contribution in [0.2, 0.25) is 0 Å². The van der Waals surface area contributed by atoms with E-state index in [0.29, 0.717) is 0 Å². The van der Waals surface area contributed by atoms with Crippen LogP contribution in [0.1, 0.15) is 6.92 Å². The molecule has 2 rings (SSSR count). The molecule has 1 unspecified atom stereocenters. The molecule has 1 N–H and O–H groups in total. The van der Waals surface area contributed by atoms with Gasteiger partial charge < -0.3 is 5.32 Å². The van der Waals surface area contributed by atoms with E-state index in [-0.39, 0.29) is 12.4 Å². The predicted molar refractivity (Wildman–Crippen MR) is 62.1 cm³/mol. The Bertz CT molecular complexity index is 250. The van der Waals surface area contributed by atoms with Crippen molar-refractivity contribution >= 4 is 29.9 Å². The summed E-state index contributed by atoms with van der Waals surface area (Å²) in [4.78, 5) is 1.39. The molecule has 0 amide bonds. The summed E-state index contributed by atoms with van der Waals surface area (Å²) in [5.74, 6) is 1.99. The van der Waals surface area contributed by atoms with Crippen molar-refractivity contribution in [3.63, 3.8) is 0 Å². The molecule has 1 heterocycles. The molecule has 1 aromatic carbocycles. The number of benzene rings is 1. The monoisotopic (exact) mass is 215 g/mol. The first-order valence-corrected chi connectivity index (χ1v) is 5.30. The van der Waals surface area contributed by atoms with E-state index in [0.717, 1.165) is 12.5 Å². The van der Waals surface area contributed by atoms with Crippen LogP contribution in [-0.4, -0.2) is 12.3 Å². The maximum atomic E-state index is 3.45. The van der Waals surface area contributed by atoms with E-state index < -0.39 is 0 Å². The lowest BCUT2D eigenvalue weighted by molar-refractivity contribution is 0.705. The third kappa shape index (κ3) is 2.55. The van der Waals surface area contributed by atoms with Crippen molar-refractivity contribution in [2.75, 3.05) is 17.6 Å². The molecule has 13 heavy (non-hydrogen) atoms. The number of nitrogens with one attached hydrogen (secondary N) is 1. The Balaban J connectivity index is 0.000000845. The molecule has 0 saturated heterocycles. The SMILES string of the molecule is CC1CNc2ccccc2SC1.Cl. The van der Waals surface area contributed by atoms with Crippen LogP contribution in [0, 0.1) is 5.92 Å². The van der Waals surface area contributed by atoms with Gasteiger partial charge in [0, 0.05) is 22.9 Å². The average Bonchev–Trinajstić information content (AvgIpc) is 2.29. The summed E-state index contributed by atoms with van der Waals surface area (Å²) >= 11 is 1.96. The summed E-state index contributed by atoms with van der Waals surface area (Å²) < 4.78 is 0. The summed E-state index contributed by atoms with van der Waals surface area (Å²) in [6.07, 6.45) is 0.